The molecule has 1 N–H and O–H groups in total. The standard InChI is InChI=1S/C17H25N3O/c1-2-9-19-17(14-18,16-7-4-3-5-8-16)15-20-10-6-12-21-13-11-20/h3-5,7-8,19H,2,6,9-13,15H2,1H3. The topological polar surface area (TPSA) is 48.3 Å². The quantitative estimate of drug-likeness (QED) is 0.871. The second-order valence-corrected chi connectivity index (χ2v) is 5.55. The molecule has 21 heavy (non-hydrogen) atoms. The molecule has 1 fully saturated rings. The predicted octanol–water partition coefficient (Wildman–Crippen LogP) is 2.13. The van der Waals surface area contributed by atoms with Crippen LogP contribution >= 0.6 is 0 Å². The Bertz CT molecular complexity index is 449. The molecule has 114 valence electrons. The van der Waals surface area contributed by atoms with E-state index in [9.17, 15) is 5.26 Å². The summed E-state index contributed by atoms with van der Waals surface area (Å²) >= 11 is 0. The van der Waals surface area contributed by atoms with Crippen molar-refractivity contribution in [2.24, 2.45) is 0 Å². The summed E-state index contributed by atoms with van der Waals surface area (Å²) in [7, 11) is 0. The average Bonchev–Trinajstić information content (AvgIpc) is 2.81. The number of nitrogens with zero attached hydrogens (tertiary/aromatic N) is 2. The molecular weight excluding hydrogens is 262 g/mol. The molecule has 0 aliphatic carbocycles. The van der Waals surface area contributed by atoms with Gasteiger partial charge in [0.2, 0.25) is 0 Å². The van der Waals surface area contributed by atoms with Gasteiger partial charge in [0.1, 0.15) is 5.54 Å². The lowest BCUT2D eigenvalue weighted by molar-refractivity contribution is 0.136. The summed E-state index contributed by atoms with van der Waals surface area (Å²) in [4.78, 5) is 2.34. The van der Waals surface area contributed by atoms with Crippen LogP contribution in [0.5, 0.6) is 0 Å². The molecule has 1 aromatic rings. The van der Waals surface area contributed by atoms with Crippen molar-refractivity contribution < 1.29 is 4.74 Å². The fourth-order valence-electron chi connectivity index (χ4n) is 2.74. The van der Waals surface area contributed by atoms with Gasteiger partial charge in [0.25, 0.3) is 0 Å². The highest BCUT2D eigenvalue weighted by Crippen LogP contribution is 2.22. The first-order valence-electron chi connectivity index (χ1n) is 7.82. The van der Waals surface area contributed by atoms with Gasteiger partial charge in [0, 0.05) is 26.2 Å². The maximum absolute atomic E-state index is 9.89. The van der Waals surface area contributed by atoms with Crippen molar-refractivity contribution in [3.05, 3.63) is 35.9 Å². The van der Waals surface area contributed by atoms with Crippen molar-refractivity contribution in [1.29, 1.82) is 5.26 Å². The van der Waals surface area contributed by atoms with E-state index in [0.29, 0.717) is 6.54 Å². The number of rotatable bonds is 6. The molecule has 0 aromatic heterocycles. The number of hydrogen-bond acceptors (Lipinski definition) is 4. The Morgan fingerprint density at radius 3 is 2.81 bits per heavy atom. The van der Waals surface area contributed by atoms with Crippen molar-refractivity contribution in [1.82, 2.24) is 10.2 Å². The van der Waals surface area contributed by atoms with Crippen LogP contribution in [-0.2, 0) is 10.3 Å². The number of ether oxygens (including phenoxy) is 1. The normalized spacial score (nSPS) is 19.4. The molecule has 1 heterocycles. The molecule has 1 atom stereocenters. The van der Waals surface area contributed by atoms with E-state index in [-0.39, 0.29) is 0 Å². The Hall–Kier alpha value is -1.41. The van der Waals surface area contributed by atoms with Crippen molar-refractivity contribution >= 4 is 0 Å². The summed E-state index contributed by atoms with van der Waals surface area (Å²) in [5, 5.41) is 13.4. The highest BCUT2D eigenvalue weighted by molar-refractivity contribution is 5.32. The van der Waals surface area contributed by atoms with E-state index in [2.05, 4.69) is 23.2 Å². The summed E-state index contributed by atoms with van der Waals surface area (Å²) in [5.41, 5.74) is 0.410. The third-order valence-corrected chi connectivity index (χ3v) is 3.91. The molecule has 0 spiro atoms. The summed E-state index contributed by atoms with van der Waals surface area (Å²) < 4.78 is 5.51. The van der Waals surface area contributed by atoms with E-state index in [4.69, 9.17) is 4.74 Å². The van der Waals surface area contributed by atoms with Crippen LogP contribution < -0.4 is 5.32 Å². The van der Waals surface area contributed by atoms with Crippen LogP contribution in [0.15, 0.2) is 30.3 Å². The van der Waals surface area contributed by atoms with Gasteiger partial charge >= 0.3 is 0 Å². The van der Waals surface area contributed by atoms with Crippen LogP contribution in [0, 0.1) is 11.3 Å². The number of hydrogen-bond donors (Lipinski definition) is 1. The van der Waals surface area contributed by atoms with E-state index in [1.54, 1.807) is 0 Å². The first kappa shape index (κ1) is 16.0. The van der Waals surface area contributed by atoms with Crippen LogP contribution in [0.2, 0.25) is 0 Å². The number of benzene rings is 1. The summed E-state index contributed by atoms with van der Waals surface area (Å²) in [5.74, 6) is 0. The molecule has 4 heteroatoms. The molecule has 4 nitrogen and oxygen atoms in total. The van der Waals surface area contributed by atoms with E-state index >= 15 is 0 Å². The maximum atomic E-state index is 9.89. The third kappa shape index (κ3) is 4.28. The molecule has 1 aromatic carbocycles. The first-order chi connectivity index (χ1) is 10.3. The number of nitriles is 1. The average molecular weight is 287 g/mol. The fourth-order valence-corrected chi connectivity index (χ4v) is 2.74. The lowest BCUT2D eigenvalue weighted by Crippen LogP contribution is -2.51. The van der Waals surface area contributed by atoms with Crippen LogP contribution in [0.25, 0.3) is 0 Å². The zero-order chi connectivity index (χ0) is 15.0. The predicted molar refractivity (Wildman–Crippen MR) is 83.9 cm³/mol. The molecule has 0 radical (unpaired) electrons. The smallest absolute Gasteiger partial charge is 0.145 e. The zero-order valence-corrected chi connectivity index (χ0v) is 12.8. The Labute approximate surface area is 127 Å². The highest BCUT2D eigenvalue weighted by Gasteiger charge is 2.33. The second-order valence-electron chi connectivity index (χ2n) is 5.55. The van der Waals surface area contributed by atoms with Gasteiger partial charge in [-0.3, -0.25) is 10.2 Å². The summed E-state index contributed by atoms with van der Waals surface area (Å²) in [6.45, 7) is 7.13. The molecule has 1 aliphatic heterocycles. The molecule has 1 saturated heterocycles. The second kappa shape index (κ2) is 8.14. The highest BCUT2D eigenvalue weighted by atomic mass is 16.5. The van der Waals surface area contributed by atoms with E-state index < -0.39 is 5.54 Å². The molecule has 0 saturated carbocycles. The SMILES string of the molecule is CCCNC(C#N)(CN1CCCOCC1)c1ccccc1. The van der Waals surface area contributed by atoms with Crippen molar-refractivity contribution in [3.8, 4) is 6.07 Å². The minimum Gasteiger partial charge on any atom is -0.380 e. The van der Waals surface area contributed by atoms with Gasteiger partial charge in [-0.05, 0) is 24.9 Å². The van der Waals surface area contributed by atoms with Gasteiger partial charge < -0.3 is 4.74 Å². The molecule has 1 aliphatic rings. The minimum atomic E-state index is -0.637. The maximum Gasteiger partial charge on any atom is 0.145 e. The van der Waals surface area contributed by atoms with Crippen molar-refractivity contribution in [3.63, 3.8) is 0 Å². The third-order valence-electron chi connectivity index (χ3n) is 3.91. The van der Waals surface area contributed by atoms with Crippen LogP contribution in [0.1, 0.15) is 25.3 Å². The first-order valence-corrected chi connectivity index (χ1v) is 7.82. The van der Waals surface area contributed by atoms with Gasteiger partial charge in [0.05, 0.1) is 12.7 Å². The minimum absolute atomic E-state index is 0.637. The van der Waals surface area contributed by atoms with E-state index in [1.165, 1.54) is 0 Å². The van der Waals surface area contributed by atoms with Crippen molar-refractivity contribution in [2.45, 2.75) is 25.3 Å². The Morgan fingerprint density at radius 1 is 1.29 bits per heavy atom. The van der Waals surface area contributed by atoms with Crippen LogP contribution in [0.3, 0.4) is 0 Å². The van der Waals surface area contributed by atoms with Crippen LogP contribution in [0.4, 0.5) is 0 Å². The summed E-state index contributed by atoms with van der Waals surface area (Å²) in [6.07, 6.45) is 2.05. The molecule has 1 unspecified atom stereocenters. The molecular formula is C17H25N3O. The monoisotopic (exact) mass is 287 g/mol. The van der Waals surface area contributed by atoms with Crippen molar-refractivity contribution in [2.75, 3.05) is 39.4 Å². The van der Waals surface area contributed by atoms with Gasteiger partial charge in [-0.1, -0.05) is 37.3 Å². The molecule has 2 rings (SSSR count). The lowest BCUT2D eigenvalue weighted by atomic mass is 9.90. The van der Waals surface area contributed by atoms with E-state index in [0.717, 1.165) is 51.3 Å². The fraction of sp³-hybridized carbons (Fsp3) is 0.588. The lowest BCUT2D eigenvalue weighted by Gasteiger charge is -2.34. The van der Waals surface area contributed by atoms with E-state index in [1.807, 2.05) is 30.3 Å². The Morgan fingerprint density at radius 2 is 2.10 bits per heavy atom. The Balaban J connectivity index is 2.20. The Kier molecular flexibility index (Phi) is 6.19. The van der Waals surface area contributed by atoms with Gasteiger partial charge in [-0.2, -0.15) is 5.26 Å². The van der Waals surface area contributed by atoms with Gasteiger partial charge in [-0.25, -0.2) is 0 Å². The van der Waals surface area contributed by atoms with Gasteiger partial charge in [0.15, 0.2) is 0 Å². The van der Waals surface area contributed by atoms with Crippen LogP contribution in [-0.4, -0.2) is 44.3 Å². The van der Waals surface area contributed by atoms with Gasteiger partial charge in [-0.15, -0.1) is 0 Å². The molecule has 0 bridgehead atoms. The number of nitrogens with one attached hydrogen (secondary N) is 1. The zero-order valence-electron chi connectivity index (χ0n) is 12.8. The largest absolute Gasteiger partial charge is 0.380 e. The summed E-state index contributed by atoms with van der Waals surface area (Å²) in [6, 6.07) is 12.6. The molecule has 0 amide bonds.